The Morgan fingerprint density at radius 1 is 1.56 bits per heavy atom. The van der Waals surface area contributed by atoms with Crippen LogP contribution in [-0.4, -0.2) is 33.5 Å². The summed E-state index contributed by atoms with van der Waals surface area (Å²) in [5.74, 6) is 0. The molecule has 0 aliphatic rings. The van der Waals surface area contributed by atoms with Crippen molar-refractivity contribution in [3.05, 3.63) is 0 Å². The van der Waals surface area contributed by atoms with Gasteiger partial charge in [-0.1, -0.05) is 0 Å². The van der Waals surface area contributed by atoms with E-state index in [4.69, 9.17) is 4.52 Å². The van der Waals surface area contributed by atoms with Crippen molar-refractivity contribution in [1.82, 2.24) is 5.32 Å². The minimum Gasteiger partial charge on any atom is -0.327 e. The number of hydrogen-bond acceptors (Lipinski definition) is 3. The van der Waals surface area contributed by atoms with Gasteiger partial charge in [0.2, 0.25) is 0 Å². The second-order valence-electron chi connectivity index (χ2n) is 2.19. The van der Waals surface area contributed by atoms with Gasteiger partial charge in [0.05, 0.1) is 6.61 Å². The summed E-state index contributed by atoms with van der Waals surface area (Å²) in [6.45, 7) is 4.51. The van der Waals surface area contributed by atoms with E-state index in [1.54, 1.807) is 13.3 Å². The first kappa shape index (κ1) is 9.15. The minimum atomic E-state index is -2.24. The topological polar surface area (TPSA) is 38.3 Å². The predicted molar refractivity (Wildman–Crippen MR) is 39.3 cm³/mol. The van der Waals surface area contributed by atoms with E-state index in [1.807, 2.05) is 7.05 Å². The fraction of sp³-hybridized carbons (Fsp3) is 1.00. The molecule has 0 aromatic rings. The van der Waals surface area contributed by atoms with Crippen LogP contribution in [0.1, 0.15) is 0 Å². The number of rotatable bonds is 4. The minimum absolute atomic E-state index is 0.529. The maximum Gasteiger partial charge on any atom is 0.197 e. The zero-order valence-corrected chi connectivity index (χ0v) is 7.07. The molecular formula is C5H14NO2P. The number of likely N-dealkylation sites (N-methyl/N-ethyl adjacent to an activating group) is 1. The molecule has 0 aromatic heterocycles. The Bertz CT molecular complexity index is 110. The molecule has 0 saturated heterocycles. The van der Waals surface area contributed by atoms with Crippen molar-refractivity contribution in [2.75, 3.05) is 33.5 Å². The molecule has 0 aromatic carbocycles. The van der Waals surface area contributed by atoms with Crippen LogP contribution in [0.15, 0.2) is 0 Å². The molecule has 0 heterocycles. The maximum absolute atomic E-state index is 10.8. The summed E-state index contributed by atoms with van der Waals surface area (Å²) in [5, 5.41) is 2.89. The highest BCUT2D eigenvalue weighted by atomic mass is 31.2. The first-order valence-corrected chi connectivity index (χ1v) is 5.42. The van der Waals surface area contributed by atoms with Gasteiger partial charge in [0, 0.05) is 19.9 Å². The van der Waals surface area contributed by atoms with Gasteiger partial charge in [-0.15, -0.1) is 0 Å². The highest BCUT2D eigenvalue weighted by Gasteiger charge is 2.04. The normalized spacial score (nSPS) is 11.9. The smallest absolute Gasteiger partial charge is 0.197 e. The lowest BCUT2D eigenvalue weighted by Crippen LogP contribution is -2.12. The Balaban J connectivity index is 3.18. The van der Waals surface area contributed by atoms with Crippen LogP contribution in [0, 0.1) is 0 Å². The summed E-state index contributed by atoms with van der Waals surface area (Å²) in [5.41, 5.74) is 0. The van der Waals surface area contributed by atoms with Crippen LogP contribution in [0.5, 0.6) is 0 Å². The van der Waals surface area contributed by atoms with Crippen molar-refractivity contribution in [2.24, 2.45) is 0 Å². The summed E-state index contributed by atoms with van der Waals surface area (Å²) in [7, 11) is -0.402. The van der Waals surface area contributed by atoms with E-state index in [-0.39, 0.29) is 0 Å². The molecule has 0 saturated carbocycles. The molecule has 1 N–H and O–H groups in total. The third-order valence-electron chi connectivity index (χ3n) is 0.754. The van der Waals surface area contributed by atoms with Crippen LogP contribution < -0.4 is 5.32 Å². The average molecular weight is 151 g/mol. The van der Waals surface area contributed by atoms with E-state index in [9.17, 15) is 4.57 Å². The van der Waals surface area contributed by atoms with Crippen molar-refractivity contribution < 1.29 is 9.09 Å². The molecule has 0 fully saturated rings. The molecular weight excluding hydrogens is 137 g/mol. The van der Waals surface area contributed by atoms with Crippen LogP contribution in [0.25, 0.3) is 0 Å². The van der Waals surface area contributed by atoms with E-state index in [2.05, 4.69) is 5.32 Å². The Morgan fingerprint density at radius 3 is 2.44 bits per heavy atom. The molecule has 56 valence electrons. The van der Waals surface area contributed by atoms with Crippen LogP contribution in [0.4, 0.5) is 0 Å². The van der Waals surface area contributed by atoms with Gasteiger partial charge in [-0.2, -0.15) is 0 Å². The molecule has 0 amide bonds. The molecule has 0 rings (SSSR count). The van der Waals surface area contributed by atoms with Gasteiger partial charge in [-0.05, 0) is 7.05 Å². The fourth-order valence-corrected chi connectivity index (χ4v) is 0.899. The van der Waals surface area contributed by atoms with E-state index in [1.165, 1.54) is 0 Å². The zero-order chi connectivity index (χ0) is 7.33. The van der Waals surface area contributed by atoms with Gasteiger partial charge in [-0.25, -0.2) is 0 Å². The van der Waals surface area contributed by atoms with Gasteiger partial charge >= 0.3 is 0 Å². The van der Waals surface area contributed by atoms with Gasteiger partial charge in [0.25, 0.3) is 0 Å². The number of nitrogens with one attached hydrogen (secondary N) is 1. The first-order valence-electron chi connectivity index (χ1n) is 2.90. The SMILES string of the molecule is CNCCOP(C)(C)=O. The Labute approximate surface area is 56.2 Å². The van der Waals surface area contributed by atoms with E-state index in [0.717, 1.165) is 6.54 Å². The summed E-state index contributed by atoms with van der Waals surface area (Å²) < 4.78 is 15.8. The molecule has 0 aliphatic carbocycles. The van der Waals surface area contributed by atoms with Crippen LogP contribution in [0.3, 0.4) is 0 Å². The summed E-state index contributed by atoms with van der Waals surface area (Å²) in [6, 6.07) is 0. The number of hydrogen-bond donors (Lipinski definition) is 1. The van der Waals surface area contributed by atoms with Crippen LogP contribution in [0.2, 0.25) is 0 Å². The maximum atomic E-state index is 10.8. The lowest BCUT2D eigenvalue weighted by Gasteiger charge is -2.06. The second-order valence-corrected chi connectivity index (χ2v) is 4.95. The van der Waals surface area contributed by atoms with Crippen molar-refractivity contribution >= 4 is 7.37 Å². The van der Waals surface area contributed by atoms with Gasteiger partial charge in [0.1, 0.15) is 0 Å². The Hall–Kier alpha value is 0.150. The zero-order valence-electron chi connectivity index (χ0n) is 6.18. The van der Waals surface area contributed by atoms with E-state index >= 15 is 0 Å². The molecule has 0 bridgehead atoms. The lowest BCUT2D eigenvalue weighted by atomic mass is 10.7. The molecule has 3 nitrogen and oxygen atoms in total. The lowest BCUT2D eigenvalue weighted by molar-refractivity contribution is 0.321. The summed E-state index contributed by atoms with van der Waals surface area (Å²) in [6.07, 6.45) is 0. The van der Waals surface area contributed by atoms with Crippen LogP contribution in [-0.2, 0) is 9.09 Å². The second kappa shape index (κ2) is 4.04. The molecule has 0 spiro atoms. The van der Waals surface area contributed by atoms with Gasteiger partial charge in [-0.3, -0.25) is 4.57 Å². The predicted octanol–water partition coefficient (Wildman–Crippen LogP) is 0.760. The van der Waals surface area contributed by atoms with Gasteiger partial charge in [0.15, 0.2) is 7.37 Å². The third kappa shape index (κ3) is 8.15. The standard InChI is InChI=1S/C5H14NO2P/c1-6-4-5-8-9(2,3)7/h6H,4-5H2,1-3H3. The Morgan fingerprint density at radius 2 is 2.11 bits per heavy atom. The quantitative estimate of drug-likeness (QED) is 0.476. The van der Waals surface area contributed by atoms with Gasteiger partial charge < -0.3 is 9.84 Å². The summed E-state index contributed by atoms with van der Waals surface area (Å²) >= 11 is 0. The van der Waals surface area contributed by atoms with Crippen LogP contribution >= 0.6 is 7.37 Å². The fourth-order valence-electron chi connectivity index (χ4n) is 0.368. The molecule has 0 radical (unpaired) electrons. The van der Waals surface area contributed by atoms with E-state index in [0.29, 0.717) is 6.61 Å². The Kier molecular flexibility index (Phi) is 4.11. The summed E-state index contributed by atoms with van der Waals surface area (Å²) in [4.78, 5) is 0. The van der Waals surface area contributed by atoms with E-state index < -0.39 is 7.37 Å². The average Bonchev–Trinajstić information content (AvgIpc) is 1.63. The van der Waals surface area contributed by atoms with Crippen molar-refractivity contribution in [3.8, 4) is 0 Å². The van der Waals surface area contributed by atoms with Crippen molar-refractivity contribution in [1.29, 1.82) is 0 Å². The molecule has 0 atom stereocenters. The highest BCUT2D eigenvalue weighted by Crippen LogP contribution is 2.36. The molecule has 0 unspecified atom stereocenters. The molecule has 9 heavy (non-hydrogen) atoms. The third-order valence-corrected chi connectivity index (χ3v) is 1.56. The monoisotopic (exact) mass is 151 g/mol. The molecule has 0 aliphatic heterocycles. The largest absolute Gasteiger partial charge is 0.327 e. The first-order chi connectivity index (χ1) is 4.06. The van der Waals surface area contributed by atoms with Crippen molar-refractivity contribution in [2.45, 2.75) is 0 Å². The molecule has 4 heteroatoms. The van der Waals surface area contributed by atoms with Crippen molar-refractivity contribution in [3.63, 3.8) is 0 Å². The highest BCUT2D eigenvalue weighted by molar-refractivity contribution is 7.57.